The van der Waals surface area contributed by atoms with E-state index in [0.29, 0.717) is 11.6 Å². The van der Waals surface area contributed by atoms with E-state index in [1.165, 1.54) is 6.92 Å². The molecule has 0 aliphatic rings. The summed E-state index contributed by atoms with van der Waals surface area (Å²) in [5, 5.41) is 9.16. The Bertz CT molecular complexity index is 745. The molecular weight excluding hydrogens is 310 g/mol. The number of rotatable bonds is 5. The van der Waals surface area contributed by atoms with Gasteiger partial charge in [-0.3, -0.25) is 0 Å². The van der Waals surface area contributed by atoms with Gasteiger partial charge in [-0.2, -0.15) is 0 Å². The maximum Gasteiger partial charge on any atom is 0.159 e. The molecule has 0 amide bonds. The van der Waals surface area contributed by atoms with Crippen molar-refractivity contribution in [3.63, 3.8) is 0 Å². The van der Waals surface area contributed by atoms with Crippen molar-refractivity contribution < 1.29 is 22.3 Å². The van der Waals surface area contributed by atoms with Crippen LogP contribution in [0.15, 0.2) is 48.5 Å². The van der Waals surface area contributed by atoms with Gasteiger partial charge in [-0.05, 0) is 18.6 Å². The van der Waals surface area contributed by atoms with Gasteiger partial charge in [0.25, 0.3) is 0 Å². The molecule has 118 valence electrons. The lowest BCUT2D eigenvalue weighted by molar-refractivity contribution is 0.196. The predicted octanol–water partition coefficient (Wildman–Crippen LogP) is 3.17. The van der Waals surface area contributed by atoms with Gasteiger partial charge in [-0.25, -0.2) is 17.2 Å². The molecule has 22 heavy (non-hydrogen) atoms. The van der Waals surface area contributed by atoms with E-state index in [9.17, 15) is 22.3 Å². The molecule has 0 aromatic heterocycles. The van der Waals surface area contributed by atoms with Crippen molar-refractivity contribution in [2.45, 2.75) is 18.3 Å². The minimum atomic E-state index is -3.70. The summed E-state index contributed by atoms with van der Waals surface area (Å²) in [6.45, 7) is 1.51. The molecule has 0 bridgehead atoms. The van der Waals surface area contributed by atoms with Crippen molar-refractivity contribution in [1.29, 1.82) is 0 Å². The second-order valence-corrected chi connectivity index (χ2v) is 7.43. The van der Waals surface area contributed by atoms with Crippen molar-refractivity contribution in [3.8, 4) is 0 Å². The molecule has 2 aromatic carbocycles. The third kappa shape index (κ3) is 3.69. The van der Waals surface area contributed by atoms with Crippen LogP contribution in [0.1, 0.15) is 29.4 Å². The number of halogens is 2. The maximum absolute atomic E-state index is 13.6. The topological polar surface area (TPSA) is 54.4 Å². The van der Waals surface area contributed by atoms with Crippen LogP contribution >= 0.6 is 0 Å². The van der Waals surface area contributed by atoms with Gasteiger partial charge in [-0.1, -0.05) is 36.4 Å². The molecule has 0 aliphatic heterocycles. The Morgan fingerprint density at radius 2 is 1.73 bits per heavy atom. The fourth-order valence-corrected chi connectivity index (χ4v) is 3.64. The summed E-state index contributed by atoms with van der Waals surface area (Å²) in [6, 6.07) is 11.2. The van der Waals surface area contributed by atoms with Gasteiger partial charge in [-0.15, -0.1) is 0 Å². The van der Waals surface area contributed by atoms with Crippen LogP contribution in [0.25, 0.3) is 0 Å². The standard InChI is InChI=1S/C16H16F2O3S/c1-11(12-5-3-2-4-6-12)22(20,21)10-16(19)14-8-7-13(17)9-15(14)18/h2-9,11,16,19H,10H2,1H3. The van der Waals surface area contributed by atoms with Gasteiger partial charge in [0.05, 0.1) is 17.1 Å². The van der Waals surface area contributed by atoms with Crippen LogP contribution in [0, 0.1) is 11.6 Å². The molecule has 0 heterocycles. The molecule has 0 aliphatic carbocycles. The summed E-state index contributed by atoms with van der Waals surface area (Å²) < 4.78 is 51.1. The van der Waals surface area contributed by atoms with Gasteiger partial charge in [0.2, 0.25) is 0 Å². The van der Waals surface area contributed by atoms with E-state index in [-0.39, 0.29) is 5.56 Å². The number of sulfone groups is 1. The van der Waals surface area contributed by atoms with Crippen molar-refractivity contribution in [1.82, 2.24) is 0 Å². The van der Waals surface area contributed by atoms with Crippen LogP contribution in [0.2, 0.25) is 0 Å². The Morgan fingerprint density at radius 3 is 2.32 bits per heavy atom. The van der Waals surface area contributed by atoms with Gasteiger partial charge in [0, 0.05) is 11.6 Å². The van der Waals surface area contributed by atoms with Gasteiger partial charge in [0.1, 0.15) is 11.6 Å². The minimum absolute atomic E-state index is 0.231. The smallest absolute Gasteiger partial charge is 0.159 e. The van der Waals surface area contributed by atoms with Crippen molar-refractivity contribution >= 4 is 9.84 Å². The second kappa shape index (κ2) is 6.54. The molecule has 0 saturated carbocycles. The molecule has 2 aromatic rings. The SMILES string of the molecule is CC(c1ccccc1)S(=O)(=O)CC(O)c1ccc(F)cc1F. The number of aliphatic hydroxyl groups is 1. The largest absolute Gasteiger partial charge is 0.387 e. The van der Waals surface area contributed by atoms with E-state index < -0.39 is 38.6 Å². The highest BCUT2D eigenvalue weighted by atomic mass is 32.2. The molecule has 3 nitrogen and oxygen atoms in total. The van der Waals surface area contributed by atoms with E-state index in [4.69, 9.17) is 0 Å². The van der Waals surface area contributed by atoms with Gasteiger partial charge >= 0.3 is 0 Å². The number of hydrogen-bond donors (Lipinski definition) is 1. The van der Waals surface area contributed by atoms with E-state index in [1.54, 1.807) is 30.3 Å². The zero-order valence-electron chi connectivity index (χ0n) is 11.9. The average Bonchev–Trinajstić information content (AvgIpc) is 2.46. The Hall–Kier alpha value is -1.79. The molecule has 0 spiro atoms. The van der Waals surface area contributed by atoms with Crippen molar-refractivity contribution in [2.24, 2.45) is 0 Å². The van der Waals surface area contributed by atoms with E-state index in [1.807, 2.05) is 0 Å². The fourth-order valence-electron chi connectivity index (χ4n) is 2.16. The summed E-state index contributed by atoms with van der Waals surface area (Å²) in [4.78, 5) is 0. The van der Waals surface area contributed by atoms with Crippen molar-refractivity contribution in [2.75, 3.05) is 5.75 Å². The van der Waals surface area contributed by atoms with E-state index >= 15 is 0 Å². The lowest BCUT2D eigenvalue weighted by Crippen LogP contribution is -2.20. The zero-order valence-corrected chi connectivity index (χ0v) is 12.7. The summed E-state index contributed by atoms with van der Waals surface area (Å²) in [7, 11) is -3.70. The zero-order chi connectivity index (χ0) is 16.3. The fraction of sp³-hybridized carbons (Fsp3) is 0.250. The lowest BCUT2D eigenvalue weighted by Gasteiger charge is -2.17. The molecule has 2 atom stereocenters. The molecule has 1 N–H and O–H groups in total. The third-order valence-corrected chi connectivity index (χ3v) is 5.65. The maximum atomic E-state index is 13.6. The summed E-state index contributed by atoms with van der Waals surface area (Å²) in [5.74, 6) is -2.38. The summed E-state index contributed by atoms with van der Waals surface area (Å²) in [6.07, 6.45) is -1.54. The normalized spacial score (nSPS) is 14.5. The Kier molecular flexibility index (Phi) is 4.93. The van der Waals surface area contributed by atoms with Gasteiger partial charge < -0.3 is 5.11 Å². The lowest BCUT2D eigenvalue weighted by atomic mass is 10.1. The van der Waals surface area contributed by atoms with E-state index in [2.05, 4.69) is 0 Å². The van der Waals surface area contributed by atoms with Crippen molar-refractivity contribution in [3.05, 3.63) is 71.3 Å². The Labute approximate surface area is 128 Å². The van der Waals surface area contributed by atoms with Gasteiger partial charge in [0.15, 0.2) is 9.84 Å². The molecule has 6 heteroatoms. The van der Waals surface area contributed by atoms with Crippen LogP contribution < -0.4 is 0 Å². The first-order chi connectivity index (χ1) is 10.3. The molecule has 0 saturated heterocycles. The average molecular weight is 326 g/mol. The summed E-state index contributed by atoms with van der Waals surface area (Å²) in [5.41, 5.74) is 0.361. The number of hydrogen-bond acceptors (Lipinski definition) is 3. The Morgan fingerprint density at radius 1 is 1.09 bits per heavy atom. The number of benzene rings is 2. The summed E-state index contributed by atoms with van der Waals surface area (Å²) >= 11 is 0. The predicted molar refractivity (Wildman–Crippen MR) is 80.0 cm³/mol. The van der Waals surface area contributed by atoms with Crippen LogP contribution in [-0.2, 0) is 9.84 Å². The van der Waals surface area contributed by atoms with Crippen LogP contribution in [-0.4, -0.2) is 19.3 Å². The highest BCUT2D eigenvalue weighted by Crippen LogP contribution is 2.27. The van der Waals surface area contributed by atoms with Crippen LogP contribution in [0.4, 0.5) is 8.78 Å². The highest BCUT2D eigenvalue weighted by Gasteiger charge is 2.27. The third-order valence-electron chi connectivity index (χ3n) is 3.52. The minimum Gasteiger partial charge on any atom is -0.387 e. The molecular formula is C16H16F2O3S. The Balaban J connectivity index is 2.21. The second-order valence-electron chi connectivity index (χ2n) is 5.06. The molecule has 2 rings (SSSR count). The van der Waals surface area contributed by atoms with Crippen LogP contribution in [0.3, 0.4) is 0 Å². The first-order valence-corrected chi connectivity index (χ1v) is 8.42. The first-order valence-electron chi connectivity index (χ1n) is 6.71. The highest BCUT2D eigenvalue weighted by molar-refractivity contribution is 7.91. The van der Waals surface area contributed by atoms with Crippen LogP contribution in [0.5, 0.6) is 0 Å². The molecule has 2 unspecified atom stereocenters. The monoisotopic (exact) mass is 326 g/mol. The molecule has 0 radical (unpaired) electrons. The number of aliphatic hydroxyl groups excluding tert-OH is 1. The molecule has 0 fully saturated rings. The van der Waals surface area contributed by atoms with E-state index in [0.717, 1.165) is 12.1 Å². The quantitative estimate of drug-likeness (QED) is 0.918. The first kappa shape index (κ1) is 16.6.